The lowest BCUT2D eigenvalue weighted by Crippen LogP contribution is -2.55. The summed E-state index contributed by atoms with van der Waals surface area (Å²) in [5, 5.41) is 26.3. The number of para-hydroxylation sites is 1. The van der Waals surface area contributed by atoms with Gasteiger partial charge in [0.15, 0.2) is 0 Å². The van der Waals surface area contributed by atoms with Crippen molar-refractivity contribution in [3.8, 4) is 5.75 Å². The van der Waals surface area contributed by atoms with E-state index in [1.807, 2.05) is 44.2 Å². The van der Waals surface area contributed by atoms with E-state index in [9.17, 15) is 29.4 Å². The average molecular weight is 628 g/mol. The number of phenolic OH excluding ortho intramolecular Hbond substituents is 1. The molecule has 3 unspecified atom stereocenters. The molecule has 11 heteroatoms. The van der Waals surface area contributed by atoms with Crippen LogP contribution < -0.4 is 10.6 Å². The van der Waals surface area contributed by atoms with Crippen molar-refractivity contribution in [1.29, 1.82) is 0 Å². The van der Waals surface area contributed by atoms with E-state index < -0.39 is 59.8 Å². The molecule has 0 aromatic heterocycles. The Balaban J connectivity index is 2.58. The second-order valence-electron chi connectivity index (χ2n) is 13.3. The van der Waals surface area contributed by atoms with Crippen molar-refractivity contribution in [1.82, 2.24) is 15.5 Å². The minimum absolute atomic E-state index is 0.0512. The Morgan fingerprint density at radius 3 is 1.93 bits per heavy atom. The fourth-order valence-corrected chi connectivity index (χ4v) is 4.65. The highest BCUT2D eigenvalue weighted by atomic mass is 16.6. The molecule has 11 nitrogen and oxygen atoms in total. The summed E-state index contributed by atoms with van der Waals surface area (Å²) in [4.78, 5) is 55.6. The summed E-state index contributed by atoms with van der Waals surface area (Å²) in [5.74, 6) is -2.47. The second kappa shape index (κ2) is 16.3. The number of carbonyl (C=O) groups excluding carboxylic acids is 4. The number of carbonyl (C=O) groups is 4. The van der Waals surface area contributed by atoms with Crippen molar-refractivity contribution < 1.29 is 38.9 Å². The summed E-state index contributed by atoms with van der Waals surface area (Å²) in [6, 6.07) is 11.3. The predicted molar refractivity (Wildman–Crippen MR) is 170 cm³/mol. The van der Waals surface area contributed by atoms with E-state index in [1.165, 1.54) is 12.1 Å². The van der Waals surface area contributed by atoms with Crippen LogP contribution in [0.25, 0.3) is 0 Å². The Labute approximate surface area is 266 Å². The number of aromatic hydroxyl groups is 1. The molecule has 0 heterocycles. The third-order valence-corrected chi connectivity index (χ3v) is 6.40. The lowest BCUT2D eigenvalue weighted by atomic mass is 9.98. The van der Waals surface area contributed by atoms with Crippen LogP contribution >= 0.6 is 0 Å². The van der Waals surface area contributed by atoms with Crippen molar-refractivity contribution in [2.24, 2.45) is 5.92 Å². The van der Waals surface area contributed by atoms with E-state index in [-0.39, 0.29) is 36.6 Å². The number of esters is 1. The molecule has 0 saturated carbocycles. The standard InChI is InChI=1S/C34H49N3O8/c1-22(2)20-25(36-32(43)45-34(6,7)8)30(41)37(18-19-38)28(24-16-12-13-17-27(24)39)29(40)35-26(31(42)44-33(3,4)5)21-23-14-10-9-11-15-23/h9-17,22,25-26,28,38-39H,18-21H2,1-8H3,(H,35,40)(H,36,43). The van der Waals surface area contributed by atoms with Crippen molar-refractivity contribution >= 4 is 23.9 Å². The first-order valence-corrected chi connectivity index (χ1v) is 15.2. The third kappa shape index (κ3) is 12.4. The molecule has 3 atom stereocenters. The van der Waals surface area contributed by atoms with Gasteiger partial charge in [0, 0.05) is 18.5 Å². The number of hydrogen-bond acceptors (Lipinski definition) is 8. The first-order valence-electron chi connectivity index (χ1n) is 15.2. The maximum absolute atomic E-state index is 14.2. The lowest BCUT2D eigenvalue weighted by Gasteiger charge is -2.35. The first-order chi connectivity index (χ1) is 20.9. The van der Waals surface area contributed by atoms with Crippen molar-refractivity contribution in [3.63, 3.8) is 0 Å². The summed E-state index contributed by atoms with van der Waals surface area (Å²) < 4.78 is 11.0. The van der Waals surface area contributed by atoms with Gasteiger partial charge in [-0.2, -0.15) is 0 Å². The van der Waals surface area contributed by atoms with E-state index in [0.717, 1.165) is 10.5 Å². The normalized spacial score (nSPS) is 13.7. The van der Waals surface area contributed by atoms with Gasteiger partial charge in [-0.25, -0.2) is 9.59 Å². The molecule has 3 amide bonds. The number of nitrogens with zero attached hydrogens (tertiary/aromatic N) is 1. The molecule has 0 bridgehead atoms. The van der Waals surface area contributed by atoms with Crippen molar-refractivity contribution in [2.75, 3.05) is 13.2 Å². The van der Waals surface area contributed by atoms with Gasteiger partial charge in [0.25, 0.3) is 0 Å². The monoisotopic (exact) mass is 627 g/mol. The number of hydrogen-bond donors (Lipinski definition) is 4. The molecule has 4 N–H and O–H groups in total. The van der Waals surface area contributed by atoms with Crippen molar-refractivity contribution in [3.05, 3.63) is 65.7 Å². The van der Waals surface area contributed by atoms with E-state index in [2.05, 4.69) is 10.6 Å². The summed E-state index contributed by atoms with van der Waals surface area (Å²) in [5.41, 5.74) is -0.840. The Bertz CT molecular complexity index is 1280. The zero-order chi connectivity index (χ0) is 33.9. The fraction of sp³-hybridized carbons (Fsp3) is 0.529. The number of rotatable bonds is 13. The van der Waals surface area contributed by atoms with E-state index in [1.54, 1.807) is 53.7 Å². The van der Waals surface area contributed by atoms with Gasteiger partial charge in [-0.05, 0) is 65.5 Å². The van der Waals surface area contributed by atoms with Crippen LogP contribution in [0.1, 0.15) is 79.0 Å². The SMILES string of the molecule is CC(C)CC(NC(=O)OC(C)(C)C)C(=O)N(CCO)C(C(=O)NC(Cc1ccccc1)C(=O)OC(C)(C)C)c1ccccc1O. The van der Waals surface area contributed by atoms with Gasteiger partial charge in [0.2, 0.25) is 11.8 Å². The molecular formula is C34H49N3O8. The van der Waals surface area contributed by atoms with Gasteiger partial charge < -0.3 is 35.2 Å². The van der Waals surface area contributed by atoms with Gasteiger partial charge in [-0.15, -0.1) is 0 Å². The highest BCUT2D eigenvalue weighted by Gasteiger charge is 2.39. The fourth-order valence-electron chi connectivity index (χ4n) is 4.65. The number of nitrogens with one attached hydrogen (secondary N) is 2. The summed E-state index contributed by atoms with van der Waals surface area (Å²) in [6.45, 7) is 13.1. The number of ether oxygens (including phenoxy) is 2. The lowest BCUT2D eigenvalue weighted by molar-refractivity contribution is -0.159. The van der Waals surface area contributed by atoms with Gasteiger partial charge >= 0.3 is 12.1 Å². The summed E-state index contributed by atoms with van der Waals surface area (Å²) >= 11 is 0. The van der Waals surface area contributed by atoms with Crippen LogP contribution in [-0.2, 0) is 30.3 Å². The molecular weight excluding hydrogens is 578 g/mol. The van der Waals surface area contributed by atoms with E-state index in [0.29, 0.717) is 0 Å². The number of amides is 3. The highest BCUT2D eigenvalue weighted by molar-refractivity contribution is 5.94. The predicted octanol–water partition coefficient (Wildman–Crippen LogP) is 4.26. The summed E-state index contributed by atoms with van der Waals surface area (Å²) in [7, 11) is 0. The molecule has 0 aliphatic rings. The Morgan fingerprint density at radius 2 is 1.40 bits per heavy atom. The largest absolute Gasteiger partial charge is 0.508 e. The first kappa shape index (κ1) is 37.1. The number of benzene rings is 2. The second-order valence-corrected chi connectivity index (χ2v) is 13.3. The van der Waals surface area contributed by atoms with Gasteiger partial charge in [0.1, 0.15) is 35.1 Å². The maximum atomic E-state index is 14.2. The highest BCUT2D eigenvalue weighted by Crippen LogP contribution is 2.30. The maximum Gasteiger partial charge on any atom is 0.408 e. The zero-order valence-electron chi connectivity index (χ0n) is 27.6. The molecule has 2 aromatic rings. The molecule has 0 saturated heterocycles. The van der Waals surface area contributed by atoms with Crippen LogP contribution in [0.3, 0.4) is 0 Å². The van der Waals surface area contributed by atoms with E-state index in [4.69, 9.17) is 9.47 Å². The Hall–Kier alpha value is -4.12. The van der Waals surface area contributed by atoms with Gasteiger partial charge in [0.05, 0.1) is 6.61 Å². The van der Waals surface area contributed by atoms with E-state index >= 15 is 0 Å². The average Bonchev–Trinajstić information content (AvgIpc) is 2.91. The molecule has 2 aromatic carbocycles. The molecule has 0 radical (unpaired) electrons. The Morgan fingerprint density at radius 1 is 0.822 bits per heavy atom. The number of phenols is 1. The van der Waals surface area contributed by atoms with Crippen LogP contribution in [0, 0.1) is 5.92 Å². The third-order valence-electron chi connectivity index (χ3n) is 6.40. The molecule has 0 fully saturated rings. The van der Waals surface area contributed by atoms with Crippen LogP contribution in [0.4, 0.5) is 4.79 Å². The molecule has 45 heavy (non-hydrogen) atoms. The topological polar surface area (TPSA) is 154 Å². The van der Waals surface area contributed by atoms with Crippen LogP contribution in [-0.4, -0.2) is 75.4 Å². The molecule has 2 rings (SSSR count). The summed E-state index contributed by atoms with van der Waals surface area (Å²) in [6.07, 6.45) is -0.523. The number of aliphatic hydroxyl groups is 1. The molecule has 0 aliphatic carbocycles. The van der Waals surface area contributed by atoms with Crippen molar-refractivity contribution in [2.45, 2.75) is 97.6 Å². The van der Waals surface area contributed by atoms with Gasteiger partial charge in [-0.1, -0.05) is 62.4 Å². The minimum atomic E-state index is -1.48. The molecule has 248 valence electrons. The molecule has 0 spiro atoms. The van der Waals surface area contributed by atoms with Crippen LogP contribution in [0.15, 0.2) is 54.6 Å². The van der Waals surface area contributed by atoms with Crippen LogP contribution in [0.2, 0.25) is 0 Å². The smallest absolute Gasteiger partial charge is 0.408 e. The number of aliphatic hydroxyl groups excluding tert-OH is 1. The van der Waals surface area contributed by atoms with Gasteiger partial charge in [-0.3, -0.25) is 9.59 Å². The zero-order valence-corrected chi connectivity index (χ0v) is 27.6. The molecule has 0 aliphatic heterocycles. The quantitative estimate of drug-likeness (QED) is 0.240. The minimum Gasteiger partial charge on any atom is -0.508 e. The number of alkyl carbamates (subject to hydrolysis) is 1. The Kier molecular flexibility index (Phi) is 13.4. The van der Waals surface area contributed by atoms with Crippen LogP contribution in [0.5, 0.6) is 5.75 Å².